The largest absolute Gasteiger partial charge is 0.478 e. The summed E-state index contributed by atoms with van der Waals surface area (Å²) in [6.45, 7) is 8.54. The van der Waals surface area contributed by atoms with Gasteiger partial charge in [0.15, 0.2) is 34.8 Å². The van der Waals surface area contributed by atoms with Crippen molar-refractivity contribution in [2.24, 2.45) is 17.6 Å². The summed E-state index contributed by atoms with van der Waals surface area (Å²) in [5.74, 6) is -20.2. The van der Waals surface area contributed by atoms with E-state index >= 15 is 4.39 Å². The van der Waals surface area contributed by atoms with Crippen LogP contribution >= 0.6 is 0 Å². The highest BCUT2D eigenvalue weighted by molar-refractivity contribution is 6.38. The highest BCUT2D eigenvalue weighted by Gasteiger charge is 2.46. The summed E-state index contributed by atoms with van der Waals surface area (Å²) < 4.78 is 64.4. The lowest BCUT2D eigenvalue weighted by Crippen LogP contribution is -2.55. The summed E-state index contributed by atoms with van der Waals surface area (Å²) in [4.78, 5) is 107. The number of nitrogens with two attached hydrogens (primary N) is 1. The quantitative estimate of drug-likeness (QED) is 0.0614. The fraction of sp³-hybridized carbons (Fsp3) is 0.545. The predicted molar refractivity (Wildman–Crippen MR) is 214 cm³/mol. The third kappa shape index (κ3) is 12.1. The zero-order valence-electron chi connectivity index (χ0n) is 35.4. The van der Waals surface area contributed by atoms with Crippen LogP contribution in [-0.2, 0) is 33.5 Å². The van der Waals surface area contributed by atoms with Gasteiger partial charge in [-0.25, -0.2) is 22.4 Å². The molecule has 2 aliphatic rings. The van der Waals surface area contributed by atoms with Crippen molar-refractivity contribution >= 4 is 46.9 Å². The Morgan fingerprint density at radius 2 is 1.53 bits per heavy atom. The van der Waals surface area contributed by atoms with Crippen molar-refractivity contribution in [3.8, 4) is 0 Å². The topological polar surface area (TPSA) is 219 Å². The number of likely N-dealkylation sites (tertiary alicyclic amines) is 1. The van der Waals surface area contributed by atoms with Gasteiger partial charge >= 0.3 is 5.97 Å². The third-order valence-electron chi connectivity index (χ3n) is 11.1. The number of hydrogen-bond acceptors (Lipinski definition) is 9. The predicted octanol–water partition coefficient (Wildman–Crippen LogP) is 5.35. The van der Waals surface area contributed by atoms with Gasteiger partial charge in [-0.2, -0.15) is 0 Å². The number of ketones is 3. The second-order valence-corrected chi connectivity index (χ2v) is 17.0. The molecule has 5 atom stereocenters. The Balaban J connectivity index is 1.58. The first-order valence-corrected chi connectivity index (χ1v) is 20.7. The summed E-state index contributed by atoms with van der Waals surface area (Å²) in [7, 11) is 0. The molecule has 2 unspecified atom stereocenters. The molecule has 2 aromatic carbocycles. The average molecular weight is 875 g/mol. The van der Waals surface area contributed by atoms with Crippen molar-refractivity contribution in [2.45, 2.75) is 135 Å². The number of nitrogens with one attached hydrogen (secondary N) is 2. The number of Topliss-reactive ketones (excluding diaryl/α,β-unsaturated/α-hetero) is 3. The summed E-state index contributed by atoms with van der Waals surface area (Å²) in [6, 6.07) is 2.69. The molecule has 14 nitrogen and oxygen atoms in total. The Kier molecular flexibility index (Phi) is 16.7. The molecule has 4 amide bonds. The maximum absolute atomic E-state index is 15.1. The number of hydrogen-bond donors (Lipinski definition) is 4. The van der Waals surface area contributed by atoms with Crippen molar-refractivity contribution in [1.29, 1.82) is 0 Å². The number of benzene rings is 2. The number of amides is 4. The van der Waals surface area contributed by atoms with Crippen molar-refractivity contribution < 1.29 is 65.8 Å². The zero-order valence-corrected chi connectivity index (χ0v) is 35.4. The second kappa shape index (κ2) is 21.0. The Morgan fingerprint density at radius 3 is 2.10 bits per heavy atom. The van der Waals surface area contributed by atoms with Crippen LogP contribution in [0.4, 0.5) is 17.6 Å². The fourth-order valence-corrected chi connectivity index (χ4v) is 8.25. The lowest BCUT2D eigenvalue weighted by Gasteiger charge is -2.35. The number of carbonyl (C=O) groups excluding carboxylic acids is 7. The van der Waals surface area contributed by atoms with Gasteiger partial charge in [0.25, 0.3) is 5.91 Å². The summed E-state index contributed by atoms with van der Waals surface area (Å²) in [6.07, 6.45) is 0.758. The van der Waals surface area contributed by atoms with Crippen LogP contribution in [0.5, 0.6) is 0 Å². The molecule has 0 spiro atoms. The molecule has 1 aliphatic heterocycles. The monoisotopic (exact) mass is 874 g/mol. The van der Waals surface area contributed by atoms with Crippen molar-refractivity contribution in [3.05, 3.63) is 69.8 Å². The molecule has 4 rings (SSSR count). The van der Waals surface area contributed by atoms with E-state index in [0.29, 0.717) is 37.7 Å². The van der Waals surface area contributed by atoms with Gasteiger partial charge < -0.3 is 31.1 Å². The molecular weight excluding hydrogens is 820 g/mol. The first-order valence-electron chi connectivity index (χ1n) is 20.7. The van der Waals surface area contributed by atoms with Crippen LogP contribution in [0.3, 0.4) is 0 Å². The average Bonchev–Trinajstić information content (AvgIpc) is 3.63. The maximum atomic E-state index is 15.1. The van der Waals surface area contributed by atoms with E-state index in [2.05, 4.69) is 10.6 Å². The minimum Gasteiger partial charge on any atom is -0.478 e. The van der Waals surface area contributed by atoms with E-state index in [1.807, 2.05) is 0 Å². The van der Waals surface area contributed by atoms with Crippen LogP contribution in [0.25, 0.3) is 0 Å². The molecule has 1 aliphatic carbocycles. The van der Waals surface area contributed by atoms with Crippen LogP contribution in [0.15, 0.2) is 24.3 Å². The molecule has 0 bridgehead atoms. The highest BCUT2D eigenvalue weighted by atomic mass is 19.2. The van der Waals surface area contributed by atoms with Crippen molar-refractivity contribution in [2.75, 3.05) is 6.54 Å². The number of ether oxygens (including phenoxy) is 1. The van der Waals surface area contributed by atoms with Crippen molar-refractivity contribution in [3.63, 3.8) is 0 Å². The van der Waals surface area contributed by atoms with E-state index in [1.54, 1.807) is 58.9 Å². The molecule has 1 saturated carbocycles. The first kappa shape index (κ1) is 49.1. The van der Waals surface area contributed by atoms with E-state index in [1.165, 1.54) is 0 Å². The zero-order chi connectivity index (χ0) is 46.2. The second-order valence-electron chi connectivity index (χ2n) is 17.0. The summed E-state index contributed by atoms with van der Waals surface area (Å²) >= 11 is 0. The Morgan fingerprint density at radius 1 is 0.903 bits per heavy atom. The molecule has 0 aromatic heterocycles. The summed E-state index contributed by atoms with van der Waals surface area (Å²) in [5, 5.41) is 14.3. The first-order chi connectivity index (χ1) is 29.1. The van der Waals surface area contributed by atoms with Crippen LogP contribution in [-0.4, -0.2) is 87.3 Å². The van der Waals surface area contributed by atoms with Gasteiger partial charge in [-0.05, 0) is 58.4 Å². The standard InChI is InChI=1S/C44H54F4N4O10/c1-6-11-25(39(56)28(53)16-17-30(55)50-37(40(49)57)24-15-10-12-22(2)18-24)19-29(54)27-20-26(62-44(3,4)5)21-52(27)42(59)38(23-13-8-7-9-14-23)51-41(58)31-32(43(60)61)34(46)36(48)35(47)33(31)45/h10,12,15,18,23,25-27,37-38H,6-9,11,13-14,16-17,19-21H2,1-5H3,(H2,49,57)(H,50,55)(H,51,58)(H,60,61)/t25?,26-,27+,37?,38+/m1/s1. The van der Waals surface area contributed by atoms with E-state index in [9.17, 15) is 56.6 Å². The minimum absolute atomic E-state index is 0.0670. The third-order valence-corrected chi connectivity index (χ3v) is 11.1. The minimum atomic E-state index is -2.45. The number of halogens is 4. The Bertz CT molecular complexity index is 2080. The molecule has 18 heteroatoms. The van der Waals surface area contributed by atoms with Gasteiger partial charge in [0.2, 0.25) is 23.5 Å². The van der Waals surface area contributed by atoms with Gasteiger partial charge in [0.1, 0.15) is 17.6 Å². The van der Waals surface area contributed by atoms with Gasteiger partial charge in [-0.15, -0.1) is 0 Å². The fourth-order valence-electron chi connectivity index (χ4n) is 8.25. The molecule has 2 fully saturated rings. The molecule has 338 valence electrons. The summed E-state index contributed by atoms with van der Waals surface area (Å²) in [5.41, 5.74) is 2.55. The number of rotatable bonds is 19. The van der Waals surface area contributed by atoms with Gasteiger partial charge in [0.05, 0.1) is 23.3 Å². The van der Waals surface area contributed by atoms with Crippen LogP contribution in [0.2, 0.25) is 0 Å². The Hall–Kier alpha value is -5.52. The molecule has 5 N–H and O–H groups in total. The number of primary amides is 1. The number of nitrogens with zero attached hydrogens (tertiary/aromatic N) is 1. The van der Waals surface area contributed by atoms with E-state index in [0.717, 1.165) is 16.9 Å². The molecule has 0 radical (unpaired) electrons. The van der Waals surface area contributed by atoms with Gasteiger partial charge in [-0.3, -0.25) is 33.6 Å². The lowest BCUT2D eigenvalue weighted by molar-refractivity contribution is -0.143. The van der Waals surface area contributed by atoms with E-state index in [4.69, 9.17) is 10.5 Å². The smallest absolute Gasteiger partial charge is 0.339 e. The molecule has 2 aromatic rings. The maximum Gasteiger partial charge on any atom is 0.339 e. The van der Waals surface area contributed by atoms with Gasteiger partial charge in [-0.1, -0.05) is 62.4 Å². The normalized spacial score (nSPS) is 18.4. The van der Waals surface area contributed by atoms with E-state index < -0.39 is 142 Å². The van der Waals surface area contributed by atoms with Crippen molar-refractivity contribution in [1.82, 2.24) is 15.5 Å². The molecule has 1 saturated heterocycles. The molecule has 1 heterocycles. The van der Waals surface area contributed by atoms with Gasteiger partial charge in [0, 0.05) is 38.1 Å². The lowest BCUT2D eigenvalue weighted by atomic mass is 9.82. The number of aromatic carboxylic acids is 1. The number of carboxylic acids is 1. The SMILES string of the molecule is CCCC(CC(=O)[C@@H]1C[C@@H](OC(C)(C)C)CN1C(=O)[C@@H](NC(=O)c1c(F)c(F)c(F)c(F)c1C(=O)O)C1CCCCC1)C(=O)C(=O)CCC(=O)NC(C(N)=O)c1cccc(C)c1. The molecule has 62 heavy (non-hydrogen) atoms. The number of aryl methyl sites for hydroxylation is 1. The van der Waals surface area contributed by atoms with Crippen LogP contribution in [0.1, 0.15) is 136 Å². The highest BCUT2D eigenvalue weighted by Crippen LogP contribution is 2.33. The number of carbonyl (C=O) groups is 8. The Labute approximate surface area is 356 Å². The number of carboxylic acid groups (broad SMARTS) is 1. The van der Waals surface area contributed by atoms with E-state index in [-0.39, 0.29) is 19.4 Å². The van der Waals surface area contributed by atoms with Crippen LogP contribution < -0.4 is 16.4 Å². The molecular formula is C44H54F4N4O10. The van der Waals surface area contributed by atoms with Crippen LogP contribution in [0, 0.1) is 42.0 Å².